The Morgan fingerprint density at radius 2 is 2.06 bits per heavy atom. The van der Waals surface area contributed by atoms with Crippen LogP contribution in [0.25, 0.3) is 0 Å². The van der Waals surface area contributed by atoms with Crippen molar-refractivity contribution < 1.29 is 4.79 Å². The molecule has 2 rings (SSSR count). The van der Waals surface area contributed by atoms with Gasteiger partial charge in [-0.3, -0.25) is 4.79 Å². The Balaban J connectivity index is 1.94. The summed E-state index contributed by atoms with van der Waals surface area (Å²) in [4.78, 5) is 14.7. The number of rotatable bonds is 3. The van der Waals surface area contributed by atoms with Crippen LogP contribution < -0.4 is 5.73 Å². The second kappa shape index (κ2) is 5.60. The zero-order chi connectivity index (χ0) is 13.2. The Morgan fingerprint density at radius 1 is 1.33 bits per heavy atom. The van der Waals surface area contributed by atoms with Crippen LogP contribution in [-0.4, -0.2) is 29.9 Å². The van der Waals surface area contributed by atoms with Gasteiger partial charge in [0.2, 0.25) is 5.91 Å². The van der Waals surface area contributed by atoms with E-state index in [1.165, 1.54) is 19.3 Å². The topological polar surface area (TPSA) is 46.3 Å². The van der Waals surface area contributed by atoms with Crippen LogP contribution in [0.2, 0.25) is 0 Å². The molecule has 0 spiro atoms. The summed E-state index contributed by atoms with van der Waals surface area (Å²) < 4.78 is 0. The Bertz CT molecular complexity index is 299. The van der Waals surface area contributed by atoms with Gasteiger partial charge in [-0.2, -0.15) is 0 Å². The molecule has 1 amide bonds. The summed E-state index contributed by atoms with van der Waals surface area (Å²) in [5, 5.41) is 0. The highest BCUT2D eigenvalue weighted by Crippen LogP contribution is 2.38. The Kier molecular flexibility index (Phi) is 4.31. The molecule has 0 bridgehead atoms. The molecule has 3 heteroatoms. The number of carbonyl (C=O) groups is 1. The van der Waals surface area contributed by atoms with E-state index in [2.05, 4.69) is 18.7 Å². The molecule has 18 heavy (non-hydrogen) atoms. The fourth-order valence-electron chi connectivity index (χ4n) is 3.66. The lowest BCUT2D eigenvalue weighted by atomic mass is 9.81. The lowest BCUT2D eigenvalue weighted by Gasteiger charge is -2.31. The van der Waals surface area contributed by atoms with Crippen LogP contribution in [-0.2, 0) is 4.79 Å². The third-order valence-electron chi connectivity index (χ3n) is 5.31. The number of carbonyl (C=O) groups excluding carboxylic acids is 1. The molecule has 1 aliphatic carbocycles. The first-order valence-corrected chi connectivity index (χ1v) is 7.64. The summed E-state index contributed by atoms with van der Waals surface area (Å²) in [5.41, 5.74) is 6.39. The van der Waals surface area contributed by atoms with E-state index in [0.29, 0.717) is 11.3 Å². The van der Waals surface area contributed by atoms with Crippen molar-refractivity contribution in [3.8, 4) is 0 Å². The third-order valence-corrected chi connectivity index (χ3v) is 5.31. The minimum atomic E-state index is 0.207. The minimum absolute atomic E-state index is 0.207. The van der Waals surface area contributed by atoms with Crippen molar-refractivity contribution in [3.63, 3.8) is 0 Å². The van der Waals surface area contributed by atoms with E-state index in [0.717, 1.165) is 38.8 Å². The highest BCUT2D eigenvalue weighted by atomic mass is 16.2. The van der Waals surface area contributed by atoms with Gasteiger partial charge in [-0.1, -0.05) is 20.3 Å². The average molecular weight is 252 g/mol. The maximum atomic E-state index is 12.5. The fourth-order valence-corrected chi connectivity index (χ4v) is 3.66. The van der Waals surface area contributed by atoms with Gasteiger partial charge in [0.05, 0.1) is 0 Å². The number of likely N-dealkylation sites (tertiary alicyclic amines) is 1. The molecule has 1 saturated carbocycles. The van der Waals surface area contributed by atoms with Gasteiger partial charge in [-0.05, 0) is 43.9 Å². The van der Waals surface area contributed by atoms with Crippen LogP contribution >= 0.6 is 0 Å². The molecule has 2 aliphatic rings. The molecule has 0 aromatic rings. The maximum Gasteiger partial charge on any atom is 0.225 e. The van der Waals surface area contributed by atoms with Crippen LogP contribution in [0, 0.1) is 11.3 Å². The van der Waals surface area contributed by atoms with Crippen molar-refractivity contribution >= 4 is 5.91 Å². The van der Waals surface area contributed by atoms with Gasteiger partial charge in [0, 0.05) is 25.0 Å². The van der Waals surface area contributed by atoms with Crippen molar-refractivity contribution in [2.45, 2.75) is 64.8 Å². The van der Waals surface area contributed by atoms with Gasteiger partial charge in [0.1, 0.15) is 0 Å². The molecular weight excluding hydrogens is 224 g/mol. The van der Waals surface area contributed by atoms with Crippen molar-refractivity contribution in [2.24, 2.45) is 17.1 Å². The maximum absolute atomic E-state index is 12.5. The normalized spacial score (nSPS) is 31.6. The highest BCUT2D eigenvalue weighted by molar-refractivity contribution is 5.79. The zero-order valence-corrected chi connectivity index (χ0v) is 12.0. The van der Waals surface area contributed by atoms with Crippen molar-refractivity contribution in [2.75, 3.05) is 13.1 Å². The first kappa shape index (κ1) is 13.9. The van der Waals surface area contributed by atoms with Crippen LogP contribution in [0.15, 0.2) is 0 Å². The SMILES string of the molecule is CCC1(CC)CCN(C(=O)C2CCCC(N)C2)C1. The lowest BCUT2D eigenvalue weighted by Crippen LogP contribution is -2.40. The van der Waals surface area contributed by atoms with E-state index in [9.17, 15) is 4.79 Å². The van der Waals surface area contributed by atoms with Crippen molar-refractivity contribution in [1.29, 1.82) is 0 Å². The molecular formula is C15H28N2O. The van der Waals surface area contributed by atoms with Crippen LogP contribution in [0.1, 0.15) is 58.8 Å². The molecule has 1 saturated heterocycles. The van der Waals surface area contributed by atoms with Crippen LogP contribution in [0.5, 0.6) is 0 Å². The molecule has 0 aromatic heterocycles. The number of amides is 1. The summed E-state index contributed by atoms with van der Waals surface area (Å²) >= 11 is 0. The predicted molar refractivity (Wildman–Crippen MR) is 74.1 cm³/mol. The Morgan fingerprint density at radius 3 is 2.61 bits per heavy atom. The first-order chi connectivity index (χ1) is 8.60. The van der Waals surface area contributed by atoms with E-state index in [1.807, 2.05) is 0 Å². The third kappa shape index (κ3) is 2.71. The molecule has 2 N–H and O–H groups in total. The standard InChI is InChI=1S/C15H28N2O/c1-3-15(4-2)8-9-17(11-15)14(18)12-6-5-7-13(16)10-12/h12-13H,3-11,16H2,1-2H3. The smallest absolute Gasteiger partial charge is 0.225 e. The summed E-state index contributed by atoms with van der Waals surface area (Å²) in [5.74, 6) is 0.590. The molecule has 0 radical (unpaired) electrons. The van der Waals surface area contributed by atoms with Crippen molar-refractivity contribution in [3.05, 3.63) is 0 Å². The summed E-state index contributed by atoms with van der Waals surface area (Å²) in [7, 11) is 0. The molecule has 2 fully saturated rings. The minimum Gasteiger partial charge on any atom is -0.342 e. The molecule has 2 unspecified atom stereocenters. The average Bonchev–Trinajstić information content (AvgIpc) is 2.83. The Hall–Kier alpha value is -0.570. The first-order valence-electron chi connectivity index (χ1n) is 7.64. The summed E-state index contributed by atoms with van der Waals surface area (Å²) in [6, 6.07) is 0.248. The zero-order valence-electron chi connectivity index (χ0n) is 12.0. The number of hydrogen-bond donors (Lipinski definition) is 1. The van der Waals surface area contributed by atoms with E-state index < -0.39 is 0 Å². The molecule has 0 aromatic carbocycles. The van der Waals surface area contributed by atoms with E-state index in [-0.39, 0.29) is 12.0 Å². The van der Waals surface area contributed by atoms with Gasteiger partial charge in [-0.25, -0.2) is 0 Å². The second-order valence-electron chi connectivity index (χ2n) is 6.34. The van der Waals surface area contributed by atoms with Gasteiger partial charge in [0.15, 0.2) is 0 Å². The monoisotopic (exact) mass is 252 g/mol. The predicted octanol–water partition coefficient (Wildman–Crippen LogP) is 2.54. The van der Waals surface area contributed by atoms with Gasteiger partial charge in [0.25, 0.3) is 0 Å². The summed E-state index contributed by atoms with van der Waals surface area (Å²) in [6.07, 6.45) is 7.74. The molecule has 104 valence electrons. The second-order valence-corrected chi connectivity index (χ2v) is 6.34. The largest absolute Gasteiger partial charge is 0.342 e. The number of nitrogens with zero attached hydrogens (tertiary/aromatic N) is 1. The van der Waals surface area contributed by atoms with E-state index >= 15 is 0 Å². The number of nitrogens with two attached hydrogens (primary N) is 1. The molecule has 1 heterocycles. The van der Waals surface area contributed by atoms with Crippen molar-refractivity contribution in [1.82, 2.24) is 4.90 Å². The Labute approximate surface area is 111 Å². The number of hydrogen-bond acceptors (Lipinski definition) is 2. The molecule has 2 atom stereocenters. The van der Waals surface area contributed by atoms with Gasteiger partial charge in [-0.15, -0.1) is 0 Å². The molecule has 3 nitrogen and oxygen atoms in total. The van der Waals surface area contributed by atoms with E-state index in [4.69, 9.17) is 5.73 Å². The van der Waals surface area contributed by atoms with Gasteiger partial charge < -0.3 is 10.6 Å². The van der Waals surface area contributed by atoms with Gasteiger partial charge >= 0.3 is 0 Å². The van der Waals surface area contributed by atoms with Crippen LogP contribution in [0.4, 0.5) is 0 Å². The summed E-state index contributed by atoms with van der Waals surface area (Å²) in [6.45, 7) is 6.46. The quantitative estimate of drug-likeness (QED) is 0.839. The molecule has 1 aliphatic heterocycles. The van der Waals surface area contributed by atoms with Crippen LogP contribution in [0.3, 0.4) is 0 Å². The lowest BCUT2D eigenvalue weighted by molar-refractivity contribution is -0.136. The highest BCUT2D eigenvalue weighted by Gasteiger charge is 2.39. The fraction of sp³-hybridized carbons (Fsp3) is 0.933. The van der Waals surface area contributed by atoms with E-state index in [1.54, 1.807) is 0 Å².